The van der Waals surface area contributed by atoms with Gasteiger partial charge in [0.1, 0.15) is 11.5 Å². The summed E-state index contributed by atoms with van der Waals surface area (Å²) in [6.07, 6.45) is 1.73. The third-order valence-electron chi connectivity index (χ3n) is 2.50. The molecular formula is C13H14Br2N4O. The van der Waals surface area contributed by atoms with Crippen molar-refractivity contribution < 1.29 is 4.74 Å². The van der Waals surface area contributed by atoms with E-state index < -0.39 is 0 Å². The van der Waals surface area contributed by atoms with Crippen LogP contribution in [0, 0.1) is 0 Å². The predicted molar refractivity (Wildman–Crippen MR) is 85.5 cm³/mol. The highest BCUT2D eigenvalue weighted by molar-refractivity contribution is 9.10. The summed E-state index contributed by atoms with van der Waals surface area (Å²) >= 11 is 6.87. The summed E-state index contributed by atoms with van der Waals surface area (Å²) in [6, 6.07) is 3.79. The van der Waals surface area contributed by atoms with Gasteiger partial charge >= 0.3 is 0 Å². The van der Waals surface area contributed by atoms with E-state index in [1.165, 1.54) is 0 Å². The standard InChI is InChI=1S/C13H14Br2N4O/c1-3-16-13-11(15)10(7-20-2)18-12(19-13)9-5-4-8(14)6-17-9/h4-6H,3,7H2,1-2H3,(H,16,18,19). The molecule has 0 saturated carbocycles. The Bertz CT molecular complexity index is 562. The van der Waals surface area contributed by atoms with Gasteiger partial charge in [-0.05, 0) is 50.9 Å². The van der Waals surface area contributed by atoms with Gasteiger partial charge in [0.05, 0.1) is 16.8 Å². The predicted octanol–water partition coefficient (Wildman–Crippen LogP) is 3.64. The number of methoxy groups -OCH3 is 1. The summed E-state index contributed by atoms with van der Waals surface area (Å²) in [4.78, 5) is 13.3. The monoisotopic (exact) mass is 400 g/mol. The van der Waals surface area contributed by atoms with Crippen LogP contribution >= 0.6 is 31.9 Å². The summed E-state index contributed by atoms with van der Waals surface area (Å²) in [5, 5.41) is 3.21. The van der Waals surface area contributed by atoms with Crippen LogP contribution in [0.25, 0.3) is 11.5 Å². The smallest absolute Gasteiger partial charge is 0.180 e. The van der Waals surface area contributed by atoms with Gasteiger partial charge < -0.3 is 10.1 Å². The van der Waals surface area contributed by atoms with E-state index >= 15 is 0 Å². The first-order chi connectivity index (χ1) is 9.65. The molecule has 2 aromatic rings. The molecule has 0 aromatic carbocycles. The van der Waals surface area contributed by atoms with Crippen molar-refractivity contribution in [3.05, 3.63) is 33.0 Å². The minimum atomic E-state index is 0.408. The van der Waals surface area contributed by atoms with Crippen LogP contribution in [0.1, 0.15) is 12.6 Å². The molecule has 1 N–H and O–H groups in total. The van der Waals surface area contributed by atoms with Gasteiger partial charge in [-0.1, -0.05) is 0 Å². The van der Waals surface area contributed by atoms with E-state index in [9.17, 15) is 0 Å². The summed E-state index contributed by atoms with van der Waals surface area (Å²) < 4.78 is 6.92. The highest BCUT2D eigenvalue weighted by atomic mass is 79.9. The van der Waals surface area contributed by atoms with Crippen molar-refractivity contribution >= 4 is 37.7 Å². The van der Waals surface area contributed by atoms with Crippen molar-refractivity contribution in [2.75, 3.05) is 19.0 Å². The number of ether oxygens (including phenoxy) is 1. The minimum Gasteiger partial charge on any atom is -0.378 e. The number of pyridine rings is 1. The molecule has 106 valence electrons. The molecule has 2 rings (SSSR count). The number of rotatable bonds is 5. The lowest BCUT2D eigenvalue weighted by atomic mass is 10.3. The van der Waals surface area contributed by atoms with Gasteiger partial charge in [-0.2, -0.15) is 0 Å². The van der Waals surface area contributed by atoms with Gasteiger partial charge in [-0.15, -0.1) is 0 Å². The number of halogens is 2. The van der Waals surface area contributed by atoms with Crippen LogP contribution in [0.2, 0.25) is 0 Å². The fourth-order valence-corrected chi connectivity index (χ4v) is 2.30. The van der Waals surface area contributed by atoms with Crippen LogP contribution in [0.15, 0.2) is 27.3 Å². The average molecular weight is 402 g/mol. The first-order valence-electron chi connectivity index (χ1n) is 6.06. The first kappa shape index (κ1) is 15.3. The molecule has 0 amide bonds. The maximum atomic E-state index is 5.18. The lowest BCUT2D eigenvalue weighted by Crippen LogP contribution is -2.07. The minimum absolute atomic E-state index is 0.408. The van der Waals surface area contributed by atoms with Crippen molar-refractivity contribution in [2.45, 2.75) is 13.5 Å². The van der Waals surface area contributed by atoms with Crippen molar-refractivity contribution in [2.24, 2.45) is 0 Å². The Kier molecular flexibility index (Phi) is 5.45. The third kappa shape index (κ3) is 3.53. The second kappa shape index (κ2) is 7.10. The molecule has 0 saturated heterocycles. The van der Waals surface area contributed by atoms with Crippen LogP contribution in [0.5, 0.6) is 0 Å². The van der Waals surface area contributed by atoms with Crippen LogP contribution in [0.4, 0.5) is 5.82 Å². The lowest BCUT2D eigenvalue weighted by Gasteiger charge is -2.11. The van der Waals surface area contributed by atoms with Gasteiger partial charge in [0.25, 0.3) is 0 Å². The van der Waals surface area contributed by atoms with Gasteiger partial charge in [-0.25, -0.2) is 9.97 Å². The van der Waals surface area contributed by atoms with E-state index in [4.69, 9.17) is 4.74 Å². The normalized spacial score (nSPS) is 10.6. The van der Waals surface area contributed by atoms with E-state index in [2.05, 4.69) is 52.1 Å². The highest BCUT2D eigenvalue weighted by Gasteiger charge is 2.13. The van der Waals surface area contributed by atoms with E-state index in [1.807, 2.05) is 19.1 Å². The Hall–Kier alpha value is -1.05. The molecule has 0 aliphatic rings. The Morgan fingerprint density at radius 3 is 2.65 bits per heavy atom. The summed E-state index contributed by atoms with van der Waals surface area (Å²) in [5.41, 5.74) is 1.51. The fraction of sp³-hybridized carbons (Fsp3) is 0.308. The molecule has 0 bridgehead atoms. The number of nitrogens with one attached hydrogen (secondary N) is 1. The zero-order valence-electron chi connectivity index (χ0n) is 11.2. The zero-order chi connectivity index (χ0) is 14.5. The first-order valence-corrected chi connectivity index (χ1v) is 7.65. The van der Waals surface area contributed by atoms with Crippen molar-refractivity contribution in [3.63, 3.8) is 0 Å². The van der Waals surface area contributed by atoms with E-state index in [-0.39, 0.29) is 0 Å². The molecule has 2 aromatic heterocycles. The van der Waals surface area contributed by atoms with Crippen molar-refractivity contribution in [1.82, 2.24) is 15.0 Å². The Morgan fingerprint density at radius 1 is 1.25 bits per heavy atom. The van der Waals surface area contributed by atoms with Crippen LogP contribution in [-0.2, 0) is 11.3 Å². The van der Waals surface area contributed by atoms with Gasteiger partial charge in [-0.3, -0.25) is 4.98 Å². The largest absolute Gasteiger partial charge is 0.378 e. The van der Waals surface area contributed by atoms with Crippen LogP contribution in [0.3, 0.4) is 0 Å². The third-order valence-corrected chi connectivity index (χ3v) is 3.80. The van der Waals surface area contributed by atoms with Gasteiger partial charge in [0.2, 0.25) is 0 Å². The molecule has 0 atom stereocenters. The maximum absolute atomic E-state index is 5.18. The van der Waals surface area contributed by atoms with Crippen molar-refractivity contribution in [1.29, 1.82) is 0 Å². The number of hydrogen-bond donors (Lipinski definition) is 1. The van der Waals surface area contributed by atoms with Gasteiger partial charge in [0, 0.05) is 24.3 Å². The maximum Gasteiger partial charge on any atom is 0.180 e. The van der Waals surface area contributed by atoms with E-state index in [1.54, 1.807) is 13.3 Å². The Labute approximate surface area is 134 Å². The summed E-state index contributed by atoms with van der Waals surface area (Å²) in [7, 11) is 1.64. The quantitative estimate of drug-likeness (QED) is 0.828. The fourth-order valence-electron chi connectivity index (χ4n) is 1.63. The second-order valence-corrected chi connectivity index (χ2v) is 5.69. The number of aromatic nitrogens is 3. The lowest BCUT2D eigenvalue weighted by molar-refractivity contribution is 0.181. The van der Waals surface area contributed by atoms with Crippen LogP contribution < -0.4 is 5.32 Å². The second-order valence-electron chi connectivity index (χ2n) is 3.98. The van der Waals surface area contributed by atoms with E-state index in [0.29, 0.717) is 12.4 Å². The van der Waals surface area contributed by atoms with Crippen molar-refractivity contribution in [3.8, 4) is 11.5 Å². The molecule has 7 heteroatoms. The Morgan fingerprint density at radius 2 is 2.05 bits per heavy atom. The molecule has 0 unspecified atom stereocenters. The number of hydrogen-bond acceptors (Lipinski definition) is 5. The summed E-state index contributed by atoms with van der Waals surface area (Å²) in [6.45, 7) is 3.20. The van der Waals surface area contributed by atoms with E-state index in [0.717, 1.165) is 32.7 Å². The summed E-state index contributed by atoms with van der Waals surface area (Å²) in [5.74, 6) is 1.32. The molecule has 5 nitrogen and oxygen atoms in total. The zero-order valence-corrected chi connectivity index (χ0v) is 14.3. The molecule has 0 aliphatic carbocycles. The molecule has 2 heterocycles. The van der Waals surface area contributed by atoms with Gasteiger partial charge in [0.15, 0.2) is 5.82 Å². The molecule has 0 fully saturated rings. The topological polar surface area (TPSA) is 59.9 Å². The molecule has 20 heavy (non-hydrogen) atoms. The Balaban J connectivity index is 2.49. The number of anilines is 1. The molecular weight excluding hydrogens is 388 g/mol. The number of nitrogens with zero attached hydrogens (tertiary/aromatic N) is 3. The molecule has 0 aliphatic heterocycles. The highest BCUT2D eigenvalue weighted by Crippen LogP contribution is 2.27. The molecule has 0 spiro atoms. The average Bonchev–Trinajstić information content (AvgIpc) is 2.44. The SMILES string of the molecule is CCNc1nc(-c2ccc(Br)cn2)nc(COC)c1Br. The molecule has 0 radical (unpaired) electrons. The van der Waals surface area contributed by atoms with Crippen LogP contribution in [-0.4, -0.2) is 28.6 Å².